The van der Waals surface area contributed by atoms with Crippen LogP contribution in [0.4, 0.5) is 17.6 Å². The zero-order chi connectivity index (χ0) is 10.9. The molecule has 16 heavy (non-hydrogen) atoms. The van der Waals surface area contributed by atoms with Crippen LogP contribution in [0.25, 0.3) is 0 Å². The number of alkyl halides is 2. The number of hydrogen-bond acceptors (Lipinski definition) is 2. The van der Waals surface area contributed by atoms with Gasteiger partial charge in [0.05, 0.1) is 0 Å². The average Bonchev–Trinajstić information content (AvgIpc) is 2.02. The smallest absolute Gasteiger partial charge is 0.889 e. The van der Waals surface area contributed by atoms with Gasteiger partial charge in [0.25, 0.3) is 0 Å². The van der Waals surface area contributed by atoms with Crippen molar-refractivity contribution < 1.29 is 130 Å². The van der Waals surface area contributed by atoms with E-state index in [2.05, 4.69) is 0 Å². The van der Waals surface area contributed by atoms with Gasteiger partial charge >= 0.3 is 103 Å². The summed E-state index contributed by atoms with van der Waals surface area (Å²) in [6.07, 6.45) is 0. The van der Waals surface area contributed by atoms with Crippen molar-refractivity contribution in [2.75, 3.05) is 0 Å². The van der Waals surface area contributed by atoms with Crippen LogP contribution in [0.3, 0.4) is 0 Å². The van der Waals surface area contributed by atoms with Crippen LogP contribution in [0.2, 0.25) is 0 Å². The van der Waals surface area contributed by atoms with Gasteiger partial charge in [0.2, 0.25) is 5.82 Å². The van der Waals surface area contributed by atoms with Gasteiger partial charge in [-0.1, -0.05) is 0 Å². The van der Waals surface area contributed by atoms with Crippen molar-refractivity contribution in [1.29, 1.82) is 0 Å². The van der Waals surface area contributed by atoms with Crippen LogP contribution < -0.4 is 113 Å². The monoisotopic (exact) mass is 284 g/mol. The number of rotatable bonds is 2. The Balaban J connectivity index is 0. The summed E-state index contributed by atoms with van der Waals surface area (Å²) in [5.74, 6) is -7.04. The van der Waals surface area contributed by atoms with Gasteiger partial charge in [-0.25, -0.2) is 17.6 Å². The van der Waals surface area contributed by atoms with Crippen LogP contribution in [-0.2, 0) is 5.82 Å². The number of benzene rings is 1. The molecule has 0 aliphatic rings. The van der Waals surface area contributed by atoms with Crippen molar-refractivity contribution >= 4 is 7.12 Å². The van der Waals surface area contributed by atoms with Crippen molar-refractivity contribution in [3.8, 4) is 0 Å². The molecule has 0 fully saturated rings. The van der Waals surface area contributed by atoms with E-state index in [-0.39, 0.29) is 109 Å². The van der Waals surface area contributed by atoms with Crippen molar-refractivity contribution in [3.05, 3.63) is 35.4 Å². The molecule has 0 atom stereocenters. The minimum Gasteiger partial charge on any atom is -0.889 e. The van der Waals surface area contributed by atoms with Gasteiger partial charge in [-0.15, -0.1) is 0 Å². The second kappa shape index (κ2) is 8.38. The third kappa shape index (κ3) is 5.06. The van der Waals surface area contributed by atoms with Crippen LogP contribution in [0.1, 0.15) is 5.56 Å². The molecule has 0 unspecified atom stereocenters. The Bertz CT molecular complexity index is 351. The predicted octanol–water partition coefficient (Wildman–Crippen LogP) is -6.19. The zero-order valence-corrected chi connectivity index (χ0v) is 14.9. The maximum absolute atomic E-state index is 12.7. The van der Waals surface area contributed by atoms with Gasteiger partial charge in [-0.3, -0.25) is 0 Å². The Morgan fingerprint density at radius 2 is 1.56 bits per heavy atom. The molecule has 1 aromatic carbocycles. The molecule has 0 saturated carbocycles. The maximum atomic E-state index is 12.7. The topological polar surface area (TPSA) is 46.1 Å². The summed E-state index contributed by atoms with van der Waals surface area (Å²) in [6, 6.07) is 1.12. The van der Waals surface area contributed by atoms with Crippen LogP contribution in [0.5, 0.6) is 0 Å². The van der Waals surface area contributed by atoms with Crippen LogP contribution in [0, 0.1) is 11.6 Å². The fourth-order valence-electron chi connectivity index (χ4n) is 0.887. The SMILES string of the molecule is [K+].[K+].[O-]B([O-])C(F)(F)c1ccc(F)cc1F. The molecule has 0 spiro atoms. The molecule has 0 aliphatic carbocycles. The number of halogens is 4. The Hall–Kier alpha value is 2.20. The van der Waals surface area contributed by atoms with Gasteiger partial charge in [-0.2, -0.15) is 0 Å². The van der Waals surface area contributed by atoms with Gasteiger partial charge < -0.3 is 10.0 Å². The fourth-order valence-corrected chi connectivity index (χ4v) is 0.887. The normalized spacial score (nSPS) is 10.1. The van der Waals surface area contributed by atoms with Crippen LogP contribution >= 0.6 is 0 Å². The molecule has 9 heteroatoms. The summed E-state index contributed by atoms with van der Waals surface area (Å²) in [7, 11) is -3.53. The minimum absolute atomic E-state index is 0. The summed E-state index contributed by atoms with van der Waals surface area (Å²) in [5, 5.41) is 20.0. The van der Waals surface area contributed by atoms with E-state index in [1.54, 1.807) is 0 Å². The molecule has 0 bridgehead atoms. The van der Waals surface area contributed by atoms with Crippen molar-refractivity contribution in [2.45, 2.75) is 5.82 Å². The molecule has 0 radical (unpaired) electrons. The summed E-state index contributed by atoms with van der Waals surface area (Å²) >= 11 is 0. The first-order chi connectivity index (χ1) is 6.35. The molecular formula is C7H3BF4K2O2. The van der Waals surface area contributed by atoms with Crippen LogP contribution in [-0.4, -0.2) is 7.12 Å². The van der Waals surface area contributed by atoms with E-state index in [1.165, 1.54) is 0 Å². The van der Waals surface area contributed by atoms with Gasteiger partial charge in [0.1, 0.15) is 11.6 Å². The van der Waals surface area contributed by atoms with Crippen molar-refractivity contribution in [1.82, 2.24) is 0 Å². The zero-order valence-electron chi connectivity index (χ0n) is 8.64. The quantitative estimate of drug-likeness (QED) is 0.401. The second-order valence-corrected chi connectivity index (χ2v) is 2.58. The second-order valence-electron chi connectivity index (χ2n) is 2.58. The third-order valence-corrected chi connectivity index (χ3v) is 1.59. The van der Waals surface area contributed by atoms with Gasteiger partial charge in [-0.05, 0) is 19.3 Å². The third-order valence-electron chi connectivity index (χ3n) is 1.59. The predicted molar refractivity (Wildman–Crippen MR) is 36.0 cm³/mol. The Kier molecular flexibility index (Phi) is 10.8. The minimum atomic E-state index is -4.38. The summed E-state index contributed by atoms with van der Waals surface area (Å²) < 4.78 is 50.4. The largest absolute Gasteiger partial charge is 1.00 e. The summed E-state index contributed by atoms with van der Waals surface area (Å²) in [5.41, 5.74) is -1.38. The molecule has 0 aliphatic heterocycles. The first-order valence-electron chi connectivity index (χ1n) is 3.50. The molecule has 0 amide bonds. The standard InChI is InChI=1S/C7H3BF4O2.2K/c9-4-1-2-5(6(10)3-4)7(11,12)8(13)14;;/h1-3H;;/q-2;2*+1. The Labute approximate surface area is 175 Å². The molecule has 76 valence electrons. The molecule has 1 rings (SSSR count). The van der Waals surface area contributed by atoms with E-state index in [9.17, 15) is 27.6 Å². The summed E-state index contributed by atoms with van der Waals surface area (Å²) in [4.78, 5) is 0. The Morgan fingerprint density at radius 3 is 1.94 bits per heavy atom. The van der Waals surface area contributed by atoms with Crippen molar-refractivity contribution in [2.24, 2.45) is 0 Å². The summed E-state index contributed by atoms with van der Waals surface area (Å²) in [6.45, 7) is 0. The van der Waals surface area contributed by atoms with E-state index in [1.807, 2.05) is 0 Å². The molecular weight excluding hydrogens is 281 g/mol. The number of hydrogen-bond donors (Lipinski definition) is 0. The molecule has 2 nitrogen and oxygen atoms in total. The molecule has 1 aromatic rings. The Morgan fingerprint density at radius 1 is 1.06 bits per heavy atom. The average molecular weight is 284 g/mol. The van der Waals surface area contributed by atoms with E-state index >= 15 is 0 Å². The first-order valence-corrected chi connectivity index (χ1v) is 3.50. The van der Waals surface area contributed by atoms with E-state index in [0.29, 0.717) is 12.1 Å². The first kappa shape index (κ1) is 20.5. The van der Waals surface area contributed by atoms with Crippen LogP contribution in [0.15, 0.2) is 18.2 Å². The molecule has 0 N–H and O–H groups in total. The molecule has 0 aromatic heterocycles. The molecule has 0 heterocycles. The van der Waals surface area contributed by atoms with E-state index < -0.39 is 30.1 Å². The fraction of sp³-hybridized carbons (Fsp3) is 0.143. The van der Waals surface area contributed by atoms with Gasteiger partial charge in [0.15, 0.2) is 0 Å². The van der Waals surface area contributed by atoms with E-state index in [4.69, 9.17) is 0 Å². The molecule has 0 saturated heterocycles. The van der Waals surface area contributed by atoms with E-state index in [0.717, 1.165) is 0 Å². The van der Waals surface area contributed by atoms with Crippen molar-refractivity contribution in [3.63, 3.8) is 0 Å². The maximum Gasteiger partial charge on any atom is 1.00 e. The van der Waals surface area contributed by atoms with Gasteiger partial charge in [0, 0.05) is 11.6 Å².